The molecular formula is C9H7BrO3S. The zero-order valence-corrected chi connectivity index (χ0v) is 9.51. The summed E-state index contributed by atoms with van der Waals surface area (Å²) in [7, 11) is -3.74. The molecule has 0 N–H and O–H groups in total. The number of benzene rings is 1. The van der Waals surface area contributed by atoms with Crippen LogP contribution in [-0.2, 0) is 14.3 Å². The first kappa shape index (κ1) is 11.2. The Kier molecular flexibility index (Phi) is 3.69. The van der Waals surface area contributed by atoms with Crippen LogP contribution in [0.15, 0.2) is 33.6 Å². The molecule has 1 rings (SSSR count). The summed E-state index contributed by atoms with van der Waals surface area (Å²) >= 11 is 3.11. The Bertz CT molecular complexity index is 459. The summed E-state index contributed by atoms with van der Waals surface area (Å²) in [5, 5.41) is 0. The molecule has 0 aromatic heterocycles. The number of terminal acetylenes is 1. The molecule has 0 aliphatic rings. The largest absolute Gasteiger partial charge is 0.299 e. The summed E-state index contributed by atoms with van der Waals surface area (Å²) in [6, 6.07) is 6.38. The van der Waals surface area contributed by atoms with Gasteiger partial charge in [0, 0.05) is 4.47 Å². The lowest BCUT2D eigenvalue weighted by molar-refractivity contribution is 0.363. The van der Waals surface area contributed by atoms with Crippen LogP contribution >= 0.6 is 15.9 Å². The van der Waals surface area contributed by atoms with Crippen molar-refractivity contribution in [3.05, 3.63) is 28.7 Å². The van der Waals surface area contributed by atoms with E-state index in [4.69, 9.17) is 6.42 Å². The van der Waals surface area contributed by atoms with Crippen LogP contribution in [0.25, 0.3) is 0 Å². The molecule has 0 amide bonds. The van der Waals surface area contributed by atoms with E-state index in [1.807, 2.05) is 0 Å². The van der Waals surface area contributed by atoms with Gasteiger partial charge in [-0.05, 0) is 28.1 Å². The normalized spacial score (nSPS) is 10.9. The van der Waals surface area contributed by atoms with Crippen molar-refractivity contribution in [2.75, 3.05) is 6.61 Å². The molecule has 0 bridgehead atoms. The van der Waals surface area contributed by atoms with Gasteiger partial charge in [0.1, 0.15) is 11.5 Å². The van der Waals surface area contributed by atoms with Crippen LogP contribution < -0.4 is 0 Å². The minimum absolute atomic E-state index is 0.0789. The Balaban J connectivity index is 3.06. The molecule has 1 aromatic carbocycles. The predicted molar refractivity (Wildman–Crippen MR) is 56.1 cm³/mol. The number of halogens is 1. The van der Waals surface area contributed by atoms with Crippen molar-refractivity contribution in [1.82, 2.24) is 0 Å². The van der Waals surface area contributed by atoms with Crippen molar-refractivity contribution in [3.63, 3.8) is 0 Å². The smallest absolute Gasteiger partial charge is 0.253 e. The first-order chi connectivity index (χ1) is 6.58. The van der Waals surface area contributed by atoms with Crippen molar-refractivity contribution in [3.8, 4) is 12.3 Å². The fraction of sp³-hybridized carbons (Fsp3) is 0.111. The molecule has 74 valence electrons. The quantitative estimate of drug-likeness (QED) is 0.624. The van der Waals surface area contributed by atoms with Crippen LogP contribution in [0.3, 0.4) is 0 Å². The maximum atomic E-state index is 11.5. The molecule has 0 radical (unpaired) electrons. The SMILES string of the molecule is C#CCOS(=O)(=O)c1ccccc1Br. The Morgan fingerprint density at radius 1 is 1.43 bits per heavy atom. The highest BCUT2D eigenvalue weighted by Gasteiger charge is 2.17. The van der Waals surface area contributed by atoms with Crippen molar-refractivity contribution < 1.29 is 12.6 Å². The van der Waals surface area contributed by atoms with Gasteiger partial charge in [-0.2, -0.15) is 8.42 Å². The molecule has 1 aromatic rings. The van der Waals surface area contributed by atoms with E-state index in [0.29, 0.717) is 4.47 Å². The molecule has 3 nitrogen and oxygen atoms in total. The third-order valence-corrected chi connectivity index (χ3v) is 3.68. The van der Waals surface area contributed by atoms with Crippen LogP contribution in [0.2, 0.25) is 0 Å². The highest BCUT2D eigenvalue weighted by molar-refractivity contribution is 9.10. The van der Waals surface area contributed by atoms with Crippen LogP contribution in [0, 0.1) is 12.3 Å². The molecule has 14 heavy (non-hydrogen) atoms. The molecule has 0 atom stereocenters. The highest BCUT2D eigenvalue weighted by atomic mass is 79.9. The van der Waals surface area contributed by atoms with E-state index < -0.39 is 10.1 Å². The molecule has 0 saturated heterocycles. The first-order valence-corrected chi connectivity index (χ1v) is 5.85. The second-order valence-corrected chi connectivity index (χ2v) is 4.79. The fourth-order valence-corrected chi connectivity index (χ4v) is 2.60. The molecular weight excluding hydrogens is 268 g/mol. The van der Waals surface area contributed by atoms with Gasteiger partial charge in [-0.1, -0.05) is 18.1 Å². The van der Waals surface area contributed by atoms with Crippen LogP contribution in [-0.4, -0.2) is 15.0 Å². The summed E-state index contributed by atoms with van der Waals surface area (Å²) in [5.74, 6) is 2.10. The molecule has 0 aliphatic heterocycles. The second kappa shape index (κ2) is 4.60. The standard InChI is InChI=1S/C9H7BrO3S/c1-2-7-13-14(11,12)9-6-4-3-5-8(9)10/h1,3-6H,7H2. The van der Waals surface area contributed by atoms with E-state index in [1.54, 1.807) is 18.2 Å². The summed E-state index contributed by atoms with van der Waals surface area (Å²) in [6.45, 7) is -0.260. The summed E-state index contributed by atoms with van der Waals surface area (Å²) < 4.78 is 27.9. The molecule has 0 saturated carbocycles. The zero-order valence-electron chi connectivity index (χ0n) is 7.10. The number of hydrogen-bond donors (Lipinski definition) is 0. The van der Waals surface area contributed by atoms with Gasteiger partial charge in [0.15, 0.2) is 0 Å². The predicted octanol–water partition coefficient (Wildman–Crippen LogP) is 1.79. The van der Waals surface area contributed by atoms with E-state index in [-0.39, 0.29) is 11.5 Å². The molecule has 0 fully saturated rings. The van der Waals surface area contributed by atoms with E-state index in [9.17, 15) is 8.42 Å². The average molecular weight is 275 g/mol. The minimum atomic E-state index is -3.74. The van der Waals surface area contributed by atoms with E-state index in [1.165, 1.54) is 6.07 Å². The third kappa shape index (κ3) is 2.58. The van der Waals surface area contributed by atoms with Crippen molar-refractivity contribution >= 4 is 26.0 Å². The van der Waals surface area contributed by atoms with Crippen LogP contribution in [0.4, 0.5) is 0 Å². The molecule has 5 heteroatoms. The van der Waals surface area contributed by atoms with Gasteiger partial charge in [0.05, 0.1) is 0 Å². The molecule has 0 heterocycles. The average Bonchev–Trinajstić information content (AvgIpc) is 2.15. The highest BCUT2D eigenvalue weighted by Crippen LogP contribution is 2.22. The van der Waals surface area contributed by atoms with E-state index in [2.05, 4.69) is 26.0 Å². The van der Waals surface area contributed by atoms with Crippen molar-refractivity contribution in [2.24, 2.45) is 0 Å². The summed E-state index contributed by atoms with van der Waals surface area (Å²) in [5.41, 5.74) is 0. The van der Waals surface area contributed by atoms with Crippen LogP contribution in [0.5, 0.6) is 0 Å². The van der Waals surface area contributed by atoms with E-state index in [0.717, 1.165) is 0 Å². The summed E-state index contributed by atoms with van der Waals surface area (Å²) in [6.07, 6.45) is 4.90. The van der Waals surface area contributed by atoms with Gasteiger partial charge in [-0.3, -0.25) is 4.18 Å². The molecule has 0 unspecified atom stereocenters. The van der Waals surface area contributed by atoms with Gasteiger partial charge >= 0.3 is 0 Å². The van der Waals surface area contributed by atoms with Crippen LogP contribution in [0.1, 0.15) is 0 Å². The fourth-order valence-electron chi connectivity index (χ4n) is 0.823. The van der Waals surface area contributed by atoms with Gasteiger partial charge in [-0.25, -0.2) is 0 Å². The Hall–Kier alpha value is -0.830. The molecule has 0 aliphatic carbocycles. The number of hydrogen-bond acceptors (Lipinski definition) is 3. The Labute approximate surface area is 91.3 Å². The lowest BCUT2D eigenvalue weighted by atomic mass is 10.4. The topological polar surface area (TPSA) is 43.4 Å². The van der Waals surface area contributed by atoms with Gasteiger partial charge in [-0.15, -0.1) is 6.42 Å². The zero-order chi connectivity index (χ0) is 10.6. The first-order valence-electron chi connectivity index (χ1n) is 3.65. The minimum Gasteiger partial charge on any atom is -0.253 e. The lowest BCUT2D eigenvalue weighted by Crippen LogP contribution is -2.07. The number of rotatable bonds is 3. The summed E-state index contributed by atoms with van der Waals surface area (Å²) in [4.78, 5) is 0.0789. The maximum absolute atomic E-state index is 11.5. The van der Waals surface area contributed by atoms with Crippen molar-refractivity contribution in [2.45, 2.75) is 4.90 Å². The second-order valence-electron chi connectivity index (χ2n) is 2.35. The maximum Gasteiger partial charge on any atom is 0.299 e. The third-order valence-electron chi connectivity index (χ3n) is 1.40. The lowest BCUT2D eigenvalue weighted by Gasteiger charge is -2.04. The Morgan fingerprint density at radius 2 is 2.07 bits per heavy atom. The Morgan fingerprint density at radius 3 is 2.64 bits per heavy atom. The monoisotopic (exact) mass is 274 g/mol. The van der Waals surface area contributed by atoms with Gasteiger partial charge in [0.25, 0.3) is 10.1 Å². The molecule has 0 spiro atoms. The van der Waals surface area contributed by atoms with Gasteiger partial charge < -0.3 is 0 Å². The van der Waals surface area contributed by atoms with E-state index >= 15 is 0 Å². The van der Waals surface area contributed by atoms with Gasteiger partial charge in [0.2, 0.25) is 0 Å². The van der Waals surface area contributed by atoms with Crippen molar-refractivity contribution in [1.29, 1.82) is 0 Å².